The maximum absolute atomic E-state index is 10.3. The van der Waals surface area contributed by atoms with E-state index < -0.39 is 8.69 Å². The third kappa shape index (κ3) is 16.0. The van der Waals surface area contributed by atoms with Gasteiger partial charge in [0.15, 0.2) is 0 Å². The van der Waals surface area contributed by atoms with Crippen LogP contribution in [0.5, 0.6) is 0 Å². The Labute approximate surface area is 122 Å². The maximum atomic E-state index is 10.3. The first-order chi connectivity index (χ1) is 9.31. The van der Waals surface area contributed by atoms with Crippen LogP contribution >= 0.6 is 8.69 Å². The van der Waals surface area contributed by atoms with Gasteiger partial charge in [0.1, 0.15) is 6.10 Å². The van der Waals surface area contributed by atoms with E-state index in [9.17, 15) is 4.57 Å². The van der Waals surface area contributed by atoms with Crippen molar-refractivity contribution in [3.05, 3.63) is 0 Å². The molecule has 0 aromatic rings. The molecule has 0 aliphatic carbocycles. The summed E-state index contributed by atoms with van der Waals surface area (Å²) in [5.74, 6) is 0. The average molecular weight is 289 g/mol. The second-order valence-corrected chi connectivity index (χ2v) is 6.09. The molecule has 2 atom stereocenters. The highest BCUT2D eigenvalue weighted by Gasteiger charge is 2.05. The number of hydrogen-bond donors (Lipinski definition) is 0. The fourth-order valence-electron chi connectivity index (χ4n) is 2.41. The van der Waals surface area contributed by atoms with Crippen molar-refractivity contribution in [1.29, 1.82) is 0 Å². The molecule has 0 N–H and O–H groups in total. The first-order valence-corrected chi connectivity index (χ1v) is 9.15. The average Bonchev–Trinajstić information content (AvgIpc) is 2.40. The molecule has 0 rings (SSSR count). The lowest BCUT2D eigenvalue weighted by molar-refractivity contribution is 0.228. The minimum atomic E-state index is -0.601. The van der Waals surface area contributed by atoms with Crippen LogP contribution in [0.15, 0.2) is 0 Å². The van der Waals surface area contributed by atoms with Crippen molar-refractivity contribution in [2.45, 2.75) is 103 Å². The maximum Gasteiger partial charge on any atom is 0.494 e. The highest BCUT2D eigenvalue weighted by Crippen LogP contribution is 2.14. The molecule has 0 aliphatic rings. The van der Waals surface area contributed by atoms with E-state index in [1.54, 1.807) is 0 Å². The van der Waals surface area contributed by atoms with Crippen LogP contribution in [-0.2, 0) is 9.09 Å². The van der Waals surface area contributed by atoms with Crippen molar-refractivity contribution in [3.8, 4) is 0 Å². The Morgan fingerprint density at radius 2 is 1.21 bits per heavy atom. The van der Waals surface area contributed by atoms with Gasteiger partial charge in [-0.1, -0.05) is 84.0 Å². The molecule has 0 saturated carbocycles. The summed E-state index contributed by atoms with van der Waals surface area (Å²) in [5.41, 5.74) is 0. The minimum Gasteiger partial charge on any atom is -0.145 e. The standard InChI is InChI=1S/C16H34O2P/c1-3-4-5-6-7-8-9-10-11-12-13-14-15-16(2)18-19-17/h16,19H,3-15H2,1-2H3/q+1. The molecule has 0 aromatic carbocycles. The molecule has 0 spiro atoms. The molecule has 0 saturated heterocycles. The molecular weight excluding hydrogens is 255 g/mol. The largest absolute Gasteiger partial charge is 0.494 e. The quantitative estimate of drug-likeness (QED) is 0.257. The van der Waals surface area contributed by atoms with Gasteiger partial charge in [0.25, 0.3) is 0 Å². The fourth-order valence-corrected chi connectivity index (χ4v) is 2.70. The van der Waals surface area contributed by atoms with Gasteiger partial charge in [0, 0.05) is 0 Å². The summed E-state index contributed by atoms with van der Waals surface area (Å²) in [6, 6.07) is 0. The Kier molecular flexibility index (Phi) is 16.2. The van der Waals surface area contributed by atoms with Gasteiger partial charge >= 0.3 is 8.69 Å². The summed E-state index contributed by atoms with van der Waals surface area (Å²) in [4.78, 5) is 0. The summed E-state index contributed by atoms with van der Waals surface area (Å²) >= 11 is 0. The third-order valence-electron chi connectivity index (χ3n) is 3.71. The van der Waals surface area contributed by atoms with Gasteiger partial charge in [-0.2, -0.15) is 0 Å². The van der Waals surface area contributed by atoms with Gasteiger partial charge in [-0.25, -0.2) is 0 Å². The molecule has 3 heteroatoms. The lowest BCUT2D eigenvalue weighted by Crippen LogP contribution is -2.00. The van der Waals surface area contributed by atoms with E-state index in [2.05, 4.69) is 6.92 Å². The van der Waals surface area contributed by atoms with Crippen molar-refractivity contribution >= 4 is 8.69 Å². The SMILES string of the molecule is CCCCCCCCCCCCCCC(C)O[PH+]=O. The normalized spacial score (nSPS) is 12.9. The van der Waals surface area contributed by atoms with Crippen molar-refractivity contribution in [2.24, 2.45) is 0 Å². The zero-order chi connectivity index (χ0) is 14.2. The van der Waals surface area contributed by atoms with Crippen molar-refractivity contribution < 1.29 is 9.09 Å². The van der Waals surface area contributed by atoms with E-state index in [1.807, 2.05) is 6.92 Å². The smallest absolute Gasteiger partial charge is 0.145 e. The first kappa shape index (κ1) is 19.1. The Hall–Kier alpha value is 0.0600. The molecule has 0 heterocycles. The van der Waals surface area contributed by atoms with Crippen LogP contribution in [0.3, 0.4) is 0 Å². The predicted molar refractivity (Wildman–Crippen MR) is 85.2 cm³/mol. The zero-order valence-corrected chi connectivity index (χ0v) is 14.1. The molecule has 0 fully saturated rings. The number of hydrogen-bond acceptors (Lipinski definition) is 2. The Balaban J connectivity index is 3.00. The number of rotatable bonds is 15. The summed E-state index contributed by atoms with van der Waals surface area (Å²) in [6.07, 6.45) is 17.8. The van der Waals surface area contributed by atoms with E-state index in [0.29, 0.717) is 0 Å². The van der Waals surface area contributed by atoms with Crippen LogP contribution < -0.4 is 0 Å². The van der Waals surface area contributed by atoms with Gasteiger partial charge in [0.05, 0.1) is 0 Å². The lowest BCUT2D eigenvalue weighted by atomic mass is 10.0. The minimum absolute atomic E-state index is 0.166. The first-order valence-electron chi connectivity index (χ1n) is 8.34. The molecule has 0 radical (unpaired) electrons. The van der Waals surface area contributed by atoms with E-state index in [-0.39, 0.29) is 6.10 Å². The lowest BCUT2D eigenvalue weighted by Gasteiger charge is -2.04. The molecule has 0 bridgehead atoms. The molecular formula is C16H34O2P+. The molecule has 114 valence electrons. The van der Waals surface area contributed by atoms with E-state index in [4.69, 9.17) is 4.52 Å². The number of unbranched alkanes of at least 4 members (excludes halogenated alkanes) is 11. The Morgan fingerprint density at radius 1 is 0.789 bits per heavy atom. The van der Waals surface area contributed by atoms with Gasteiger partial charge in [-0.05, 0) is 17.9 Å². The van der Waals surface area contributed by atoms with Crippen LogP contribution in [0.25, 0.3) is 0 Å². The monoisotopic (exact) mass is 289 g/mol. The van der Waals surface area contributed by atoms with Crippen LogP contribution in [0.1, 0.15) is 97.3 Å². The van der Waals surface area contributed by atoms with Crippen LogP contribution in [-0.4, -0.2) is 6.10 Å². The fraction of sp³-hybridized carbons (Fsp3) is 1.00. The predicted octanol–water partition coefficient (Wildman–Crippen LogP) is 6.42. The van der Waals surface area contributed by atoms with E-state index in [1.165, 1.54) is 77.0 Å². The topological polar surface area (TPSA) is 26.3 Å². The van der Waals surface area contributed by atoms with Gasteiger partial charge in [-0.15, -0.1) is 4.52 Å². The van der Waals surface area contributed by atoms with Crippen molar-refractivity contribution in [1.82, 2.24) is 0 Å². The highest BCUT2D eigenvalue weighted by atomic mass is 31.1. The molecule has 0 amide bonds. The molecule has 0 aliphatic heterocycles. The summed E-state index contributed by atoms with van der Waals surface area (Å²) in [7, 11) is -0.601. The van der Waals surface area contributed by atoms with E-state index in [0.717, 1.165) is 6.42 Å². The zero-order valence-electron chi connectivity index (χ0n) is 13.1. The molecule has 2 nitrogen and oxygen atoms in total. The molecule has 2 unspecified atom stereocenters. The molecule has 0 aromatic heterocycles. The van der Waals surface area contributed by atoms with Gasteiger partial charge < -0.3 is 0 Å². The van der Waals surface area contributed by atoms with Gasteiger partial charge in [0.2, 0.25) is 0 Å². The highest BCUT2D eigenvalue weighted by molar-refractivity contribution is 7.17. The third-order valence-corrected chi connectivity index (χ3v) is 4.21. The second-order valence-electron chi connectivity index (χ2n) is 5.69. The van der Waals surface area contributed by atoms with Crippen molar-refractivity contribution in [2.75, 3.05) is 0 Å². The van der Waals surface area contributed by atoms with Crippen LogP contribution in [0, 0.1) is 0 Å². The molecule has 19 heavy (non-hydrogen) atoms. The van der Waals surface area contributed by atoms with Crippen LogP contribution in [0.2, 0.25) is 0 Å². The van der Waals surface area contributed by atoms with E-state index >= 15 is 0 Å². The Morgan fingerprint density at radius 3 is 1.63 bits per heavy atom. The van der Waals surface area contributed by atoms with Crippen molar-refractivity contribution in [3.63, 3.8) is 0 Å². The second kappa shape index (κ2) is 16.1. The summed E-state index contributed by atoms with van der Waals surface area (Å²) in [6.45, 7) is 4.28. The Bertz CT molecular complexity index is 186. The van der Waals surface area contributed by atoms with Crippen LogP contribution in [0.4, 0.5) is 0 Å². The summed E-state index contributed by atoms with van der Waals surface area (Å²) in [5, 5.41) is 0. The van der Waals surface area contributed by atoms with Gasteiger partial charge in [-0.3, -0.25) is 0 Å². The summed E-state index contributed by atoms with van der Waals surface area (Å²) < 4.78 is 15.3.